The average molecular weight is 460 g/mol. The Morgan fingerprint density at radius 3 is 2.88 bits per heavy atom. The van der Waals surface area contributed by atoms with Crippen molar-refractivity contribution in [1.29, 1.82) is 0 Å². The minimum atomic E-state index is -0.434. The number of halogens is 1. The van der Waals surface area contributed by atoms with Crippen molar-refractivity contribution >= 4 is 17.5 Å². The van der Waals surface area contributed by atoms with Gasteiger partial charge in [-0.2, -0.15) is 0 Å². The van der Waals surface area contributed by atoms with Gasteiger partial charge in [0.15, 0.2) is 0 Å². The summed E-state index contributed by atoms with van der Waals surface area (Å²) in [6, 6.07) is 11.3. The predicted octanol–water partition coefficient (Wildman–Crippen LogP) is 3.70. The van der Waals surface area contributed by atoms with E-state index in [0.717, 1.165) is 37.3 Å². The van der Waals surface area contributed by atoms with E-state index in [-0.39, 0.29) is 18.0 Å². The molecule has 0 bridgehead atoms. The second-order valence-corrected chi connectivity index (χ2v) is 9.15. The molecule has 34 heavy (non-hydrogen) atoms. The second kappa shape index (κ2) is 8.06. The van der Waals surface area contributed by atoms with Crippen LogP contribution < -0.4 is 19.9 Å². The van der Waals surface area contributed by atoms with Gasteiger partial charge in [-0.3, -0.25) is 14.7 Å². The highest BCUT2D eigenvalue weighted by molar-refractivity contribution is 6.10. The zero-order valence-electron chi connectivity index (χ0n) is 19.2. The van der Waals surface area contributed by atoms with Crippen LogP contribution in [0.5, 0.6) is 5.75 Å². The third-order valence-corrected chi connectivity index (χ3v) is 7.19. The molecule has 0 spiro atoms. The number of anilines is 2. The third-order valence-electron chi connectivity index (χ3n) is 7.19. The molecule has 6 rings (SSSR count). The number of carbonyl (C=O) groups excluding carboxylic acids is 1. The number of rotatable bonds is 4. The highest BCUT2D eigenvalue weighted by Crippen LogP contribution is 2.39. The van der Waals surface area contributed by atoms with Gasteiger partial charge in [-0.25, -0.2) is 9.37 Å². The molecule has 8 heteroatoms. The van der Waals surface area contributed by atoms with Crippen molar-refractivity contribution in [3.05, 3.63) is 65.1 Å². The summed E-state index contributed by atoms with van der Waals surface area (Å²) in [5.41, 5.74) is 2.94. The Labute approximate surface area is 197 Å². The number of methoxy groups -OCH3 is 1. The molecule has 1 amide bonds. The van der Waals surface area contributed by atoms with Crippen molar-refractivity contribution in [2.24, 2.45) is 0 Å². The SMILES string of the molecule is COc1cccc(F)c1-c1nccc2c1CN(c1cc(C)cc(N3CC[C@H]4NCC[C@H]43)n1)C2=O. The lowest BCUT2D eigenvalue weighted by atomic mass is 10.0. The van der Waals surface area contributed by atoms with Crippen LogP contribution in [-0.2, 0) is 6.54 Å². The van der Waals surface area contributed by atoms with Crippen LogP contribution in [-0.4, -0.2) is 48.2 Å². The van der Waals surface area contributed by atoms with E-state index in [1.54, 1.807) is 29.3 Å². The van der Waals surface area contributed by atoms with Gasteiger partial charge in [-0.15, -0.1) is 0 Å². The summed E-state index contributed by atoms with van der Waals surface area (Å²) in [6.07, 6.45) is 3.75. The van der Waals surface area contributed by atoms with Gasteiger partial charge < -0.3 is 15.0 Å². The van der Waals surface area contributed by atoms with Gasteiger partial charge in [0.05, 0.1) is 24.9 Å². The van der Waals surface area contributed by atoms with E-state index < -0.39 is 5.82 Å². The van der Waals surface area contributed by atoms with E-state index in [1.807, 2.05) is 13.0 Å². The Morgan fingerprint density at radius 1 is 1.18 bits per heavy atom. The number of benzene rings is 1. The van der Waals surface area contributed by atoms with Gasteiger partial charge >= 0.3 is 0 Å². The van der Waals surface area contributed by atoms with Crippen LogP contribution in [0.1, 0.15) is 34.3 Å². The van der Waals surface area contributed by atoms with Crippen molar-refractivity contribution in [3.63, 3.8) is 0 Å². The van der Waals surface area contributed by atoms with Gasteiger partial charge in [0.25, 0.3) is 5.91 Å². The summed E-state index contributed by atoms with van der Waals surface area (Å²) < 4.78 is 20.3. The highest BCUT2D eigenvalue weighted by atomic mass is 19.1. The minimum absolute atomic E-state index is 0.153. The molecule has 2 saturated heterocycles. The Hall–Kier alpha value is -3.52. The van der Waals surface area contributed by atoms with E-state index in [4.69, 9.17) is 9.72 Å². The Kier molecular flexibility index (Phi) is 4.99. The summed E-state index contributed by atoms with van der Waals surface area (Å²) in [5, 5.41) is 3.58. The fraction of sp³-hybridized carbons (Fsp3) is 0.346. The number of nitrogens with one attached hydrogen (secondary N) is 1. The Balaban J connectivity index is 1.39. The smallest absolute Gasteiger partial charge is 0.260 e. The molecule has 0 aliphatic carbocycles. The first kappa shape index (κ1) is 21.0. The summed E-state index contributed by atoms with van der Waals surface area (Å²) in [7, 11) is 1.50. The number of aromatic nitrogens is 2. The molecule has 0 unspecified atom stereocenters. The molecular formula is C26H26FN5O2. The van der Waals surface area contributed by atoms with E-state index in [9.17, 15) is 9.18 Å². The summed E-state index contributed by atoms with van der Waals surface area (Å²) in [4.78, 5) is 26.9. The summed E-state index contributed by atoms with van der Waals surface area (Å²) >= 11 is 0. The first-order chi connectivity index (χ1) is 16.5. The zero-order chi connectivity index (χ0) is 23.4. The number of hydrogen-bond donors (Lipinski definition) is 1. The number of amides is 1. The summed E-state index contributed by atoms with van der Waals surface area (Å²) in [6.45, 7) is 4.28. The molecule has 3 aliphatic heterocycles. The lowest BCUT2D eigenvalue weighted by Gasteiger charge is -2.26. The molecule has 2 atom stereocenters. The first-order valence-corrected chi connectivity index (χ1v) is 11.7. The van der Waals surface area contributed by atoms with Crippen LogP contribution >= 0.6 is 0 Å². The number of aryl methyl sites for hydroxylation is 1. The fourth-order valence-electron chi connectivity index (χ4n) is 5.60. The van der Waals surface area contributed by atoms with Crippen LogP contribution in [0.4, 0.5) is 16.0 Å². The van der Waals surface area contributed by atoms with E-state index in [1.165, 1.54) is 13.2 Å². The molecule has 7 nitrogen and oxygen atoms in total. The van der Waals surface area contributed by atoms with Gasteiger partial charge in [0.1, 0.15) is 23.2 Å². The molecule has 1 N–H and O–H groups in total. The minimum Gasteiger partial charge on any atom is -0.496 e. The van der Waals surface area contributed by atoms with Gasteiger partial charge in [-0.05, 0) is 62.2 Å². The molecule has 0 radical (unpaired) electrons. The zero-order valence-corrected chi connectivity index (χ0v) is 19.2. The number of fused-ring (bicyclic) bond motifs is 2. The Morgan fingerprint density at radius 2 is 2.03 bits per heavy atom. The maximum absolute atomic E-state index is 14.9. The van der Waals surface area contributed by atoms with Crippen molar-refractivity contribution in [1.82, 2.24) is 15.3 Å². The molecule has 1 aromatic carbocycles. The standard InChI is InChI=1S/C26H26FN5O2/c1-15-12-22(31-11-8-19-20(31)7-10-28-19)30-23(13-15)32-14-17-16(26(32)33)6-9-29-25(17)24-18(27)4-3-5-21(24)34-2/h3-6,9,12-13,19-20,28H,7-8,10-11,14H2,1-2H3/t19-,20-/m1/s1. The predicted molar refractivity (Wildman–Crippen MR) is 128 cm³/mol. The molecular weight excluding hydrogens is 433 g/mol. The molecule has 0 saturated carbocycles. The van der Waals surface area contributed by atoms with Crippen LogP contribution in [0.25, 0.3) is 11.3 Å². The number of pyridine rings is 2. The topological polar surface area (TPSA) is 70.6 Å². The van der Waals surface area contributed by atoms with E-state index in [0.29, 0.717) is 40.5 Å². The monoisotopic (exact) mass is 459 g/mol. The quantitative estimate of drug-likeness (QED) is 0.642. The highest BCUT2D eigenvalue weighted by Gasteiger charge is 2.39. The third kappa shape index (κ3) is 3.24. The van der Waals surface area contributed by atoms with Crippen LogP contribution in [0.15, 0.2) is 42.6 Å². The normalized spacial score (nSPS) is 21.2. The number of hydrogen-bond acceptors (Lipinski definition) is 6. The van der Waals surface area contributed by atoms with Crippen molar-refractivity contribution in [3.8, 4) is 17.0 Å². The van der Waals surface area contributed by atoms with Crippen molar-refractivity contribution in [2.45, 2.75) is 38.4 Å². The molecule has 3 aliphatic rings. The molecule has 2 fully saturated rings. The number of carbonyl (C=O) groups is 1. The first-order valence-electron chi connectivity index (χ1n) is 11.7. The van der Waals surface area contributed by atoms with Gasteiger partial charge in [-0.1, -0.05) is 6.07 Å². The molecule has 3 aromatic rings. The average Bonchev–Trinajstić information content (AvgIpc) is 3.53. The fourth-order valence-corrected chi connectivity index (χ4v) is 5.60. The van der Waals surface area contributed by atoms with Crippen molar-refractivity contribution in [2.75, 3.05) is 30.0 Å². The maximum Gasteiger partial charge on any atom is 0.260 e. The van der Waals surface area contributed by atoms with E-state index >= 15 is 0 Å². The molecule has 5 heterocycles. The summed E-state index contributed by atoms with van der Waals surface area (Å²) in [5.74, 6) is 1.31. The lowest BCUT2D eigenvalue weighted by molar-refractivity contribution is 0.0996. The van der Waals surface area contributed by atoms with Crippen LogP contribution in [0.2, 0.25) is 0 Å². The van der Waals surface area contributed by atoms with Gasteiger partial charge in [0.2, 0.25) is 0 Å². The number of ether oxygens (including phenoxy) is 1. The second-order valence-electron chi connectivity index (χ2n) is 9.15. The van der Waals surface area contributed by atoms with E-state index in [2.05, 4.69) is 21.3 Å². The maximum atomic E-state index is 14.9. The van der Waals surface area contributed by atoms with Crippen LogP contribution in [0.3, 0.4) is 0 Å². The van der Waals surface area contributed by atoms with Crippen LogP contribution in [0, 0.1) is 12.7 Å². The van der Waals surface area contributed by atoms with Gasteiger partial charge in [0, 0.05) is 36.0 Å². The Bertz CT molecular complexity index is 1300. The molecule has 174 valence electrons. The molecule has 2 aromatic heterocycles. The largest absolute Gasteiger partial charge is 0.496 e. The number of nitrogens with zero attached hydrogens (tertiary/aromatic N) is 4. The van der Waals surface area contributed by atoms with Crippen molar-refractivity contribution < 1.29 is 13.9 Å². The lowest BCUT2D eigenvalue weighted by Crippen LogP contribution is -2.35.